The molecule has 0 saturated carbocycles. The lowest BCUT2D eigenvalue weighted by molar-refractivity contribution is -0.131. The van der Waals surface area contributed by atoms with Gasteiger partial charge in [0.1, 0.15) is 5.82 Å². The van der Waals surface area contributed by atoms with E-state index >= 15 is 0 Å². The fourth-order valence-electron chi connectivity index (χ4n) is 2.35. The van der Waals surface area contributed by atoms with Gasteiger partial charge in [-0.2, -0.15) is 0 Å². The van der Waals surface area contributed by atoms with Gasteiger partial charge in [-0.1, -0.05) is 19.1 Å². The molecule has 1 saturated heterocycles. The Balaban J connectivity index is 2.06. The highest BCUT2D eigenvalue weighted by Crippen LogP contribution is 2.19. The second-order valence-corrected chi connectivity index (χ2v) is 5.46. The first-order valence-corrected chi connectivity index (χ1v) is 6.88. The first-order chi connectivity index (χ1) is 9.47. The van der Waals surface area contributed by atoms with Crippen molar-refractivity contribution in [2.24, 2.45) is 5.92 Å². The number of halogens is 1. The number of benzene rings is 1. The number of β-amino-alcohol motifs (C(OH)–C–C–N with tert-alkyl or cyclic N) is 1. The molecule has 1 amide bonds. The smallest absolute Gasteiger partial charge is 0.249 e. The molecule has 2 unspecified atom stereocenters. The van der Waals surface area contributed by atoms with Crippen LogP contribution in [0.25, 0.3) is 6.08 Å². The standard InChI is InChI=1S/C16H20FNO2/c1-11-7-8-18(10-15(11)19)16(20)12(2)9-13-3-5-14(17)6-4-13/h3-6,9,11,15,19H,7-8,10H2,1-2H3/b12-9+. The molecule has 20 heavy (non-hydrogen) atoms. The topological polar surface area (TPSA) is 40.5 Å². The Kier molecular flexibility index (Phi) is 4.55. The zero-order chi connectivity index (χ0) is 14.7. The molecule has 1 aromatic rings. The summed E-state index contributed by atoms with van der Waals surface area (Å²) in [4.78, 5) is 14.0. The number of aliphatic hydroxyl groups is 1. The molecule has 2 rings (SSSR count). The van der Waals surface area contributed by atoms with Gasteiger partial charge in [0.25, 0.3) is 0 Å². The molecule has 0 aliphatic carbocycles. The summed E-state index contributed by atoms with van der Waals surface area (Å²) in [5.74, 6) is -0.125. The average molecular weight is 277 g/mol. The maximum absolute atomic E-state index is 12.8. The number of hydrogen-bond acceptors (Lipinski definition) is 2. The van der Waals surface area contributed by atoms with Crippen molar-refractivity contribution >= 4 is 12.0 Å². The minimum Gasteiger partial charge on any atom is -0.391 e. The van der Waals surface area contributed by atoms with E-state index in [-0.39, 0.29) is 17.6 Å². The first kappa shape index (κ1) is 14.7. The normalized spacial score (nSPS) is 23.8. The molecule has 1 aliphatic heterocycles. The minimum absolute atomic E-state index is 0.0692. The van der Waals surface area contributed by atoms with Crippen LogP contribution >= 0.6 is 0 Å². The molecule has 1 heterocycles. The first-order valence-electron chi connectivity index (χ1n) is 6.88. The summed E-state index contributed by atoms with van der Waals surface area (Å²) in [5, 5.41) is 9.84. The molecule has 2 atom stereocenters. The zero-order valence-corrected chi connectivity index (χ0v) is 11.8. The number of piperidine rings is 1. The van der Waals surface area contributed by atoms with Gasteiger partial charge in [-0.05, 0) is 43.0 Å². The van der Waals surface area contributed by atoms with Crippen LogP contribution in [0.3, 0.4) is 0 Å². The van der Waals surface area contributed by atoms with Crippen LogP contribution in [-0.2, 0) is 4.79 Å². The van der Waals surface area contributed by atoms with E-state index in [0.717, 1.165) is 12.0 Å². The van der Waals surface area contributed by atoms with Crippen molar-refractivity contribution in [1.82, 2.24) is 4.90 Å². The summed E-state index contributed by atoms with van der Waals surface area (Å²) in [5.41, 5.74) is 1.39. The van der Waals surface area contributed by atoms with E-state index in [1.165, 1.54) is 12.1 Å². The van der Waals surface area contributed by atoms with E-state index in [9.17, 15) is 14.3 Å². The SMILES string of the molecule is C/C(=C\c1ccc(F)cc1)C(=O)N1CCC(C)C(O)C1. The van der Waals surface area contributed by atoms with E-state index < -0.39 is 6.10 Å². The predicted molar refractivity (Wildman–Crippen MR) is 76.4 cm³/mol. The van der Waals surface area contributed by atoms with Crippen LogP contribution < -0.4 is 0 Å². The highest BCUT2D eigenvalue weighted by molar-refractivity contribution is 5.97. The van der Waals surface area contributed by atoms with Crippen molar-refractivity contribution < 1.29 is 14.3 Å². The number of carbonyl (C=O) groups excluding carboxylic acids is 1. The van der Waals surface area contributed by atoms with Gasteiger partial charge in [0.2, 0.25) is 5.91 Å². The molecule has 1 aliphatic rings. The molecule has 0 aromatic heterocycles. The Morgan fingerprint density at radius 1 is 1.40 bits per heavy atom. The van der Waals surface area contributed by atoms with Gasteiger partial charge in [0, 0.05) is 18.7 Å². The lowest BCUT2D eigenvalue weighted by Gasteiger charge is -2.34. The van der Waals surface area contributed by atoms with Crippen LogP contribution in [0.5, 0.6) is 0 Å². The number of likely N-dealkylation sites (tertiary alicyclic amines) is 1. The van der Waals surface area contributed by atoms with Gasteiger partial charge in [-0.3, -0.25) is 4.79 Å². The Morgan fingerprint density at radius 3 is 2.65 bits per heavy atom. The van der Waals surface area contributed by atoms with Crippen molar-refractivity contribution in [2.45, 2.75) is 26.4 Å². The number of aliphatic hydroxyl groups excluding tert-OH is 1. The second-order valence-electron chi connectivity index (χ2n) is 5.46. The maximum Gasteiger partial charge on any atom is 0.249 e. The minimum atomic E-state index is -0.452. The lowest BCUT2D eigenvalue weighted by atomic mass is 9.95. The summed E-state index contributed by atoms with van der Waals surface area (Å²) in [6.07, 6.45) is 2.11. The fraction of sp³-hybridized carbons (Fsp3) is 0.438. The van der Waals surface area contributed by atoms with Gasteiger partial charge in [-0.25, -0.2) is 4.39 Å². The summed E-state index contributed by atoms with van der Waals surface area (Å²) in [6.45, 7) is 4.80. The molecule has 3 nitrogen and oxygen atoms in total. The van der Waals surface area contributed by atoms with Gasteiger partial charge in [0.05, 0.1) is 6.10 Å². The third-order valence-corrected chi connectivity index (χ3v) is 3.80. The van der Waals surface area contributed by atoms with E-state index in [1.54, 1.807) is 30.0 Å². The third kappa shape index (κ3) is 3.45. The van der Waals surface area contributed by atoms with Crippen LogP contribution in [0.1, 0.15) is 25.8 Å². The number of carbonyl (C=O) groups is 1. The molecule has 0 bridgehead atoms. The van der Waals surface area contributed by atoms with E-state index in [4.69, 9.17) is 0 Å². The van der Waals surface area contributed by atoms with Crippen molar-refractivity contribution in [2.75, 3.05) is 13.1 Å². The molecule has 1 N–H and O–H groups in total. The number of amides is 1. The summed E-state index contributed by atoms with van der Waals surface area (Å²) in [6, 6.07) is 6.02. The molecule has 0 spiro atoms. The van der Waals surface area contributed by atoms with Crippen molar-refractivity contribution in [3.63, 3.8) is 0 Å². The third-order valence-electron chi connectivity index (χ3n) is 3.80. The maximum atomic E-state index is 12.8. The summed E-state index contributed by atoms with van der Waals surface area (Å²) in [7, 11) is 0. The van der Waals surface area contributed by atoms with Crippen LogP contribution in [0.15, 0.2) is 29.8 Å². The molecule has 0 radical (unpaired) electrons. The predicted octanol–water partition coefficient (Wildman–Crippen LogP) is 2.46. The monoisotopic (exact) mass is 277 g/mol. The summed E-state index contributed by atoms with van der Waals surface area (Å²) < 4.78 is 12.8. The molecular formula is C16H20FNO2. The molecule has 1 aromatic carbocycles. The quantitative estimate of drug-likeness (QED) is 0.844. The van der Waals surface area contributed by atoms with Gasteiger partial charge < -0.3 is 10.0 Å². The molecule has 1 fully saturated rings. The summed E-state index contributed by atoms with van der Waals surface area (Å²) >= 11 is 0. The second kappa shape index (κ2) is 6.18. The van der Waals surface area contributed by atoms with Gasteiger partial charge >= 0.3 is 0 Å². The van der Waals surface area contributed by atoms with Crippen molar-refractivity contribution in [1.29, 1.82) is 0 Å². The fourth-order valence-corrected chi connectivity index (χ4v) is 2.35. The largest absolute Gasteiger partial charge is 0.391 e. The van der Waals surface area contributed by atoms with Crippen LogP contribution in [0.4, 0.5) is 4.39 Å². The number of hydrogen-bond donors (Lipinski definition) is 1. The van der Waals surface area contributed by atoms with Gasteiger partial charge in [-0.15, -0.1) is 0 Å². The Hall–Kier alpha value is -1.68. The Bertz CT molecular complexity index is 510. The molecular weight excluding hydrogens is 257 g/mol. The zero-order valence-electron chi connectivity index (χ0n) is 11.8. The van der Waals surface area contributed by atoms with Crippen molar-refractivity contribution in [3.8, 4) is 0 Å². The highest BCUT2D eigenvalue weighted by Gasteiger charge is 2.27. The highest BCUT2D eigenvalue weighted by atomic mass is 19.1. The molecule has 108 valence electrons. The molecule has 4 heteroatoms. The van der Waals surface area contributed by atoms with Crippen LogP contribution in [0.2, 0.25) is 0 Å². The Morgan fingerprint density at radius 2 is 2.05 bits per heavy atom. The van der Waals surface area contributed by atoms with Crippen LogP contribution in [0, 0.1) is 11.7 Å². The van der Waals surface area contributed by atoms with E-state index in [1.807, 2.05) is 6.92 Å². The number of rotatable bonds is 2. The Labute approximate surface area is 118 Å². The van der Waals surface area contributed by atoms with E-state index in [2.05, 4.69) is 0 Å². The van der Waals surface area contributed by atoms with Gasteiger partial charge in [0.15, 0.2) is 0 Å². The lowest BCUT2D eigenvalue weighted by Crippen LogP contribution is -2.46. The van der Waals surface area contributed by atoms with Crippen molar-refractivity contribution in [3.05, 3.63) is 41.2 Å². The number of nitrogens with zero attached hydrogens (tertiary/aromatic N) is 1. The van der Waals surface area contributed by atoms with E-state index in [0.29, 0.717) is 18.7 Å². The average Bonchev–Trinajstić information content (AvgIpc) is 2.43. The van der Waals surface area contributed by atoms with Crippen LogP contribution in [-0.4, -0.2) is 35.1 Å².